The van der Waals surface area contributed by atoms with Crippen LogP contribution in [0.4, 0.5) is 0 Å². The number of aromatic nitrogens is 2. The Morgan fingerprint density at radius 2 is 1.90 bits per heavy atom. The smallest absolute Gasteiger partial charge is 0.280 e. The molecule has 0 atom stereocenters. The summed E-state index contributed by atoms with van der Waals surface area (Å²) in [5.41, 5.74) is 0.972. The topological polar surface area (TPSA) is 96.6 Å². The first kappa shape index (κ1) is 18.1. The minimum Gasteiger partial charge on any atom is -0.383 e. The Morgan fingerprint density at radius 1 is 1.29 bits per heavy atom. The van der Waals surface area contributed by atoms with Gasteiger partial charge >= 0.3 is 0 Å². The number of nitrogens with one attached hydrogen (secondary N) is 2. The molecule has 0 unspecified atom stereocenters. The minimum atomic E-state index is -3.60. The summed E-state index contributed by atoms with van der Waals surface area (Å²) in [5, 5.41) is 0. The maximum absolute atomic E-state index is 12.3. The zero-order valence-corrected chi connectivity index (χ0v) is 13.6. The number of rotatable bonds is 11. The van der Waals surface area contributed by atoms with E-state index in [4.69, 9.17) is 9.47 Å². The summed E-state index contributed by atoms with van der Waals surface area (Å²) in [6.45, 7) is 3.31. The predicted molar refractivity (Wildman–Crippen MR) is 79.1 cm³/mol. The third kappa shape index (κ3) is 6.10. The number of aryl methyl sites for hydroxylation is 1. The van der Waals surface area contributed by atoms with Gasteiger partial charge in [0.25, 0.3) is 10.2 Å². The molecule has 21 heavy (non-hydrogen) atoms. The second kappa shape index (κ2) is 9.11. The van der Waals surface area contributed by atoms with Crippen molar-refractivity contribution >= 4 is 10.2 Å². The van der Waals surface area contributed by atoms with Gasteiger partial charge in [-0.1, -0.05) is 6.92 Å². The van der Waals surface area contributed by atoms with Crippen LogP contribution < -0.4 is 4.72 Å². The van der Waals surface area contributed by atoms with E-state index in [1.165, 1.54) is 18.5 Å². The van der Waals surface area contributed by atoms with Crippen molar-refractivity contribution in [3.63, 3.8) is 0 Å². The Hall–Kier alpha value is -1.00. The number of ether oxygens (including phenoxy) is 2. The second-order valence-corrected chi connectivity index (χ2v) is 6.17. The lowest BCUT2D eigenvalue weighted by atomic mass is 10.4. The zero-order chi connectivity index (χ0) is 15.7. The fourth-order valence-corrected chi connectivity index (χ4v) is 2.80. The van der Waals surface area contributed by atoms with Crippen LogP contribution in [0.25, 0.3) is 0 Å². The minimum absolute atomic E-state index is 0.124. The number of hydrogen-bond acceptors (Lipinski definition) is 5. The van der Waals surface area contributed by atoms with Gasteiger partial charge in [-0.25, -0.2) is 4.98 Å². The van der Waals surface area contributed by atoms with Gasteiger partial charge in [0.1, 0.15) is 5.82 Å². The summed E-state index contributed by atoms with van der Waals surface area (Å²) in [4.78, 5) is 7.18. The van der Waals surface area contributed by atoms with Gasteiger partial charge in [0, 0.05) is 39.2 Å². The van der Waals surface area contributed by atoms with Crippen molar-refractivity contribution in [3.8, 4) is 0 Å². The molecule has 0 aliphatic rings. The molecule has 122 valence electrons. The lowest BCUT2D eigenvalue weighted by molar-refractivity contribution is 0.149. The average molecular weight is 320 g/mol. The maximum atomic E-state index is 12.3. The standard InChI is InChI=1S/C12H24N4O4S/c1-4-11-9-13-12(15-11)10-14-21(17,18)16(5-7-19-2)6-8-20-3/h9,14H,4-8,10H2,1-3H3,(H,13,15). The highest BCUT2D eigenvalue weighted by Gasteiger charge is 2.21. The average Bonchev–Trinajstić information content (AvgIpc) is 2.93. The van der Waals surface area contributed by atoms with Gasteiger partial charge in [-0.3, -0.25) is 0 Å². The van der Waals surface area contributed by atoms with Gasteiger partial charge in [-0.15, -0.1) is 0 Å². The number of aromatic amines is 1. The molecule has 1 aromatic rings. The molecule has 0 aromatic carbocycles. The molecule has 0 saturated carbocycles. The van der Waals surface area contributed by atoms with Crippen molar-refractivity contribution in [1.29, 1.82) is 0 Å². The van der Waals surface area contributed by atoms with E-state index >= 15 is 0 Å². The van der Waals surface area contributed by atoms with Crippen LogP contribution in [-0.4, -0.2) is 63.2 Å². The van der Waals surface area contributed by atoms with Crippen molar-refractivity contribution in [2.75, 3.05) is 40.5 Å². The zero-order valence-electron chi connectivity index (χ0n) is 12.8. The van der Waals surface area contributed by atoms with Crippen molar-refractivity contribution < 1.29 is 17.9 Å². The molecule has 1 heterocycles. The van der Waals surface area contributed by atoms with Gasteiger partial charge < -0.3 is 14.5 Å². The van der Waals surface area contributed by atoms with Crippen LogP contribution in [0.2, 0.25) is 0 Å². The Kier molecular flexibility index (Phi) is 7.83. The number of methoxy groups -OCH3 is 2. The Balaban J connectivity index is 2.61. The van der Waals surface area contributed by atoms with Gasteiger partial charge in [-0.2, -0.15) is 17.4 Å². The first-order valence-electron chi connectivity index (χ1n) is 6.78. The predicted octanol–water partition coefficient (Wildman–Crippen LogP) is -0.0987. The van der Waals surface area contributed by atoms with E-state index in [9.17, 15) is 8.42 Å². The second-order valence-electron chi connectivity index (χ2n) is 4.42. The van der Waals surface area contributed by atoms with E-state index in [-0.39, 0.29) is 19.6 Å². The van der Waals surface area contributed by atoms with Gasteiger partial charge in [0.15, 0.2) is 0 Å². The number of imidazole rings is 1. The maximum Gasteiger partial charge on any atom is 0.280 e. The monoisotopic (exact) mass is 320 g/mol. The SMILES string of the molecule is CCc1cnc(CNS(=O)(=O)N(CCOC)CCOC)[nH]1. The van der Waals surface area contributed by atoms with Crippen molar-refractivity contribution in [2.45, 2.75) is 19.9 Å². The van der Waals surface area contributed by atoms with Crippen LogP contribution in [0.5, 0.6) is 0 Å². The molecule has 1 aromatic heterocycles. The molecule has 1 rings (SSSR count). The summed E-state index contributed by atoms with van der Waals surface area (Å²) in [6, 6.07) is 0. The first-order chi connectivity index (χ1) is 10.0. The molecule has 0 fully saturated rings. The van der Waals surface area contributed by atoms with E-state index in [0.29, 0.717) is 19.0 Å². The summed E-state index contributed by atoms with van der Waals surface area (Å²) >= 11 is 0. The quantitative estimate of drug-likeness (QED) is 0.593. The summed E-state index contributed by atoms with van der Waals surface area (Å²) in [6.07, 6.45) is 2.53. The Labute approximate surface area is 126 Å². The van der Waals surface area contributed by atoms with Crippen LogP contribution in [0.15, 0.2) is 6.20 Å². The van der Waals surface area contributed by atoms with E-state index in [1.54, 1.807) is 6.20 Å². The first-order valence-corrected chi connectivity index (χ1v) is 8.22. The van der Waals surface area contributed by atoms with Crippen LogP contribution >= 0.6 is 0 Å². The molecule has 2 N–H and O–H groups in total. The largest absolute Gasteiger partial charge is 0.383 e. The van der Waals surface area contributed by atoms with Crippen LogP contribution in [0.3, 0.4) is 0 Å². The fraction of sp³-hybridized carbons (Fsp3) is 0.750. The van der Waals surface area contributed by atoms with Crippen molar-refractivity contribution in [1.82, 2.24) is 19.0 Å². The molecule has 9 heteroatoms. The third-order valence-corrected chi connectivity index (χ3v) is 4.47. The number of hydrogen-bond donors (Lipinski definition) is 2. The highest BCUT2D eigenvalue weighted by Crippen LogP contribution is 2.02. The van der Waals surface area contributed by atoms with E-state index < -0.39 is 10.2 Å². The molecule has 0 spiro atoms. The highest BCUT2D eigenvalue weighted by molar-refractivity contribution is 7.87. The van der Waals surface area contributed by atoms with Crippen LogP contribution in [-0.2, 0) is 32.6 Å². The van der Waals surface area contributed by atoms with E-state index in [0.717, 1.165) is 12.1 Å². The lowest BCUT2D eigenvalue weighted by Gasteiger charge is -2.21. The molecule has 0 aliphatic carbocycles. The van der Waals surface area contributed by atoms with E-state index in [2.05, 4.69) is 14.7 Å². The molecule has 0 radical (unpaired) electrons. The fourth-order valence-electron chi connectivity index (χ4n) is 1.66. The normalized spacial score (nSPS) is 12.2. The van der Waals surface area contributed by atoms with Gasteiger partial charge in [0.05, 0.1) is 19.8 Å². The summed E-state index contributed by atoms with van der Waals surface area (Å²) < 4.78 is 38.2. The number of nitrogens with zero attached hydrogens (tertiary/aromatic N) is 2. The molecule has 0 amide bonds. The van der Waals surface area contributed by atoms with Crippen LogP contribution in [0, 0.1) is 0 Å². The summed E-state index contributed by atoms with van der Waals surface area (Å²) in [7, 11) is -0.536. The molecule has 8 nitrogen and oxygen atoms in total. The Bertz CT molecular complexity index is 495. The molecule has 0 aliphatic heterocycles. The van der Waals surface area contributed by atoms with Crippen LogP contribution in [0.1, 0.15) is 18.4 Å². The Morgan fingerprint density at radius 3 is 2.38 bits per heavy atom. The van der Waals surface area contributed by atoms with Gasteiger partial charge in [0.2, 0.25) is 0 Å². The molecule has 0 bridgehead atoms. The summed E-state index contributed by atoms with van der Waals surface area (Å²) in [5.74, 6) is 0.592. The van der Waals surface area contributed by atoms with Crippen molar-refractivity contribution in [2.24, 2.45) is 0 Å². The molecular weight excluding hydrogens is 296 g/mol. The van der Waals surface area contributed by atoms with Gasteiger partial charge in [-0.05, 0) is 6.42 Å². The van der Waals surface area contributed by atoms with Crippen molar-refractivity contribution in [3.05, 3.63) is 17.7 Å². The third-order valence-electron chi connectivity index (χ3n) is 2.91. The molecule has 0 saturated heterocycles. The van der Waals surface area contributed by atoms with E-state index in [1.807, 2.05) is 6.92 Å². The molecular formula is C12H24N4O4S. The lowest BCUT2D eigenvalue weighted by Crippen LogP contribution is -2.43. The highest BCUT2D eigenvalue weighted by atomic mass is 32.2. The number of H-pyrrole nitrogens is 1.